The lowest BCUT2D eigenvalue weighted by Gasteiger charge is -2.11. The molecule has 0 atom stereocenters. The van der Waals surface area contributed by atoms with Gasteiger partial charge in [-0.3, -0.25) is 4.72 Å². The molecule has 0 unspecified atom stereocenters. The molecule has 0 aliphatic rings. The van der Waals surface area contributed by atoms with E-state index in [9.17, 15) is 8.42 Å². The Kier molecular flexibility index (Phi) is 5.16. The summed E-state index contributed by atoms with van der Waals surface area (Å²) in [5.41, 5.74) is 0.949. The van der Waals surface area contributed by atoms with Crippen LogP contribution in [0.5, 0.6) is 0 Å². The maximum absolute atomic E-state index is 12.4. The number of hydrogen-bond acceptors (Lipinski definition) is 4. The second-order valence-corrected chi connectivity index (χ2v) is 7.20. The molecule has 2 aromatic carbocycles. The van der Waals surface area contributed by atoms with Crippen molar-refractivity contribution < 1.29 is 13.5 Å². The molecule has 0 aliphatic heterocycles. The molecule has 2 aromatic rings. The quantitative estimate of drug-likeness (QED) is 0.817. The molecule has 112 valence electrons. The van der Waals surface area contributed by atoms with Gasteiger partial charge in [0.2, 0.25) is 0 Å². The molecule has 0 spiro atoms. The first-order chi connectivity index (χ1) is 9.96. The smallest absolute Gasteiger partial charge is 0.263 e. The fourth-order valence-corrected chi connectivity index (χ4v) is 3.81. The average molecular weight is 344 g/mol. The van der Waals surface area contributed by atoms with Gasteiger partial charge in [0.05, 0.1) is 11.6 Å². The molecule has 0 heterocycles. The normalized spacial score (nSPS) is 11.4. The third-order valence-electron chi connectivity index (χ3n) is 2.79. The molecular weight excluding hydrogens is 330 g/mol. The average Bonchev–Trinajstić information content (AvgIpc) is 2.47. The van der Waals surface area contributed by atoms with Crippen LogP contribution in [0.15, 0.2) is 52.3 Å². The van der Waals surface area contributed by atoms with E-state index < -0.39 is 10.0 Å². The number of halogens is 1. The summed E-state index contributed by atoms with van der Waals surface area (Å²) in [4.78, 5) is 0.899. The van der Waals surface area contributed by atoms with Gasteiger partial charge in [0.15, 0.2) is 0 Å². The molecule has 21 heavy (non-hydrogen) atoms. The Morgan fingerprint density at radius 1 is 1.24 bits per heavy atom. The van der Waals surface area contributed by atoms with E-state index >= 15 is 0 Å². The van der Waals surface area contributed by atoms with Gasteiger partial charge in [0, 0.05) is 10.6 Å². The van der Waals surface area contributed by atoms with E-state index in [0.29, 0.717) is 11.3 Å². The Balaban J connectivity index is 2.38. The summed E-state index contributed by atoms with van der Waals surface area (Å²) in [5.74, 6) is 0. The first-order valence-corrected chi connectivity index (χ1v) is 9.11. The SMILES string of the molecule is CSc1cccc(NS(=O)(=O)c2cc(CO)ccc2Cl)c1. The minimum Gasteiger partial charge on any atom is -0.392 e. The van der Waals surface area contributed by atoms with E-state index in [-0.39, 0.29) is 16.5 Å². The van der Waals surface area contributed by atoms with Gasteiger partial charge < -0.3 is 5.11 Å². The van der Waals surface area contributed by atoms with E-state index in [1.807, 2.05) is 12.3 Å². The largest absolute Gasteiger partial charge is 0.392 e. The molecule has 7 heteroatoms. The number of sulfonamides is 1. The van der Waals surface area contributed by atoms with Gasteiger partial charge in [-0.05, 0) is 42.2 Å². The molecule has 0 saturated heterocycles. The Bertz CT molecular complexity index is 748. The number of benzene rings is 2. The van der Waals surface area contributed by atoms with Crippen LogP contribution in [-0.4, -0.2) is 19.8 Å². The van der Waals surface area contributed by atoms with Gasteiger partial charge >= 0.3 is 0 Å². The highest BCUT2D eigenvalue weighted by Crippen LogP contribution is 2.26. The second kappa shape index (κ2) is 6.70. The number of aliphatic hydroxyl groups excluding tert-OH is 1. The maximum atomic E-state index is 12.4. The van der Waals surface area contributed by atoms with E-state index in [4.69, 9.17) is 16.7 Å². The summed E-state index contributed by atoms with van der Waals surface area (Å²) in [7, 11) is -3.80. The topological polar surface area (TPSA) is 66.4 Å². The van der Waals surface area contributed by atoms with Crippen LogP contribution in [0.1, 0.15) is 5.56 Å². The molecule has 0 saturated carbocycles. The minimum absolute atomic E-state index is 0.0507. The van der Waals surface area contributed by atoms with Gasteiger partial charge in [-0.15, -0.1) is 11.8 Å². The first kappa shape index (κ1) is 16.2. The summed E-state index contributed by atoms with van der Waals surface area (Å²) in [6, 6.07) is 11.5. The molecule has 0 aromatic heterocycles. The van der Waals surface area contributed by atoms with Crippen molar-refractivity contribution in [1.29, 1.82) is 0 Å². The Morgan fingerprint density at radius 3 is 2.67 bits per heavy atom. The highest BCUT2D eigenvalue weighted by atomic mass is 35.5. The van der Waals surface area contributed by atoms with Crippen LogP contribution in [0, 0.1) is 0 Å². The summed E-state index contributed by atoms with van der Waals surface area (Å²) in [5, 5.41) is 9.23. The summed E-state index contributed by atoms with van der Waals surface area (Å²) in [6.45, 7) is -0.248. The molecule has 2 rings (SSSR count). The predicted molar refractivity (Wildman–Crippen MR) is 86.4 cm³/mol. The standard InChI is InChI=1S/C14H14ClNO3S2/c1-20-12-4-2-3-11(8-12)16-21(18,19)14-7-10(9-17)5-6-13(14)15/h2-8,16-17H,9H2,1H3. The van der Waals surface area contributed by atoms with Crippen molar-refractivity contribution in [2.75, 3.05) is 11.0 Å². The van der Waals surface area contributed by atoms with Crippen LogP contribution in [-0.2, 0) is 16.6 Å². The molecular formula is C14H14ClNO3S2. The zero-order valence-electron chi connectivity index (χ0n) is 11.2. The van der Waals surface area contributed by atoms with E-state index in [2.05, 4.69) is 4.72 Å². The Morgan fingerprint density at radius 2 is 2.00 bits per heavy atom. The Labute approximate surface area is 133 Å². The third-order valence-corrected chi connectivity index (χ3v) is 5.38. The molecule has 4 nitrogen and oxygen atoms in total. The highest BCUT2D eigenvalue weighted by Gasteiger charge is 2.18. The number of nitrogens with one attached hydrogen (secondary N) is 1. The second-order valence-electron chi connectivity index (χ2n) is 4.26. The number of hydrogen-bond donors (Lipinski definition) is 2. The van der Waals surface area contributed by atoms with Gasteiger partial charge in [-0.2, -0.15) is 0 Å². The lowest BCUT2D eigenvalue weighted by atomic mass is 10.2. The molecule has 0 radical (unpaired) electrons. The molecule has 2 N–H and O–H groups in total. The van der Waals surface area contributed by atoms with Crippen molar-refractivity contribution in [2.24, 2.45) is 0 Å². The van der Waals surface area contributed by atoms with Crippen molar-refractivity contribution in [3.8, 4) is 0 Å². The third kappa shape index (κ3) is 3.91. The summed E-state index contributed by atoms with van der Waals surface area (Å²) >= 11 is 7.48. The van der Waals surface area contributed by atoms with Crippen molar-refractivity contribution in [3.63, 3.8) is 0 Å². The first-order valence-electron chi connectivity index (χ1n) is 6.02. The lowest BCUT2D eigenvalue weighted by molar-refractivity contribution is 0.281. The van der Waals surface area contributed by atoms with E-state index in [0.717, 1.165) is 4.90 Å². The van der Waals surface area contributed by atoms with Crippen LogP contribution in [0.25, 0.3) is 0 Å². The zero-order valence-corrected chi connectivity index (χ0v) is 13.6. The monoisotopic (exact) mass is 343 g/mol. The minimum atomic E-state index is -3.80. The predicted octanol–water partition coefficient (Wildman–Crippen LogP) is 3.36. The van der Waals surface area contributed by atoms with Gasteiger partial charge in [-0.25, -0.2) is 8.42 Å². The zero-order chi connectivity index (χ0) is 15.5. The highest BCUT2D eigenvalue weighted by molar-refractivity contribution is 7.98. The van der Waals surface area contributed by atoms with Crippen molar-refractivity contribution in [2.45, 2.75) is 16.4 Å². The fraction of sp³-hybridized carbons (Fsp3) is 0.143. The van der Waals surface area contributed by atoms with Crippen LogP contribution < -0.4 is 4.72 Å². The van der Waals surface area contributed by atoms with Gasteiger partial charge in [0.1, 0.15) is 4.90 Å². The van der Waals surface area contributed by atoms with Crippen LogP contribution >= 0.6 is 23.4 Å². The van der Waals surface area contributed by atoms with Crippen molar-refractivity contribution >= 4 is 39.1 Å². The van der Waals surface area contributed by atoms with E-state index in [1.165, 1.54) is 23.9 Å². The Hall–Kier alpha value is -1.21. The number of thioether (sulfide) groups is 1. The lowest BCUT2D eigenvalue weighted by Crippen LogP contribution is -2.14. The van der Waals surface area contributed by atoms with Crippen LogP contribution in [0.4, 0.5) is 5.69 Å². The molecule has 0 bridgehead atoms. The van der Waals surface area contributed by atoms with Crippen LogP contribution in [0.2, 0.25) is 5.02 Å². The molecule has 0 fully saturated rings. The van der Waals surface area contributed by atoms with Crippen molar-refractivity contribution in [1.82, 2.24) is 0 Å². The van der Waals surface area contributed by atoms with Crippen LogP contribution in [0.3, 0.4) is 0 Å². The number of aliphatic hydroxyl groups is 1. The van der Waals surface area contributed by atoms with E-state index in [1.54, 1.807) is 24.3 Å². The molecule has 0 aliphatic carbocycles. The van der Waals surface area contributed by atoms with Gasteiger partial charge in [-0.1, -0.05) is 23.7 Å². The maximum Gasteiger partial charge on any atom is 0.263 e. The van der Waals surface area contributed by atoms with Crippen molar-refractivity contribution in [3.05, 3.63) is 53.1 Å². The molecule has 0 amide bonds. The van der Waals surface area contributed by atoms with Gasteiger partial charge in [0.25, 0.3) is 10.0 Å². The number of anilines is 1. The summed E-state index contributed by atoms with van der Waals surface area (Å²) < 4.78 is 27.3. The fourth-order valence-electron chi connectivity index (χ4n) is 1.75. The summed E-state index contributed by atoms with van der Waals surface area (Å²) in [6.07, 6.45) is 1.91. The number of rotatable bonds is 5.